The van der Waals surface area contributed by atoms with Gasteiger partial charge in [0.05, 0.1) is 30.5 Å². The predicted molar refractivity (Wildman–Crippen MR) is 135 cm³/mol. The number of rotatable bonds is 6. The standard InChI is InChI=1S/C25H27F2N9O/c1-30-21(37)9-25(29)5-2-6-35(12-25)20-10-31-19(15-3-4-17(26)18(27)7-15)8-16(20)11-36-14-34-22-23(28)32-13-33-24(22)36/h3-4,7-8,10,13-14H,2,5-6,9,11-12,29H2,1H3,(H,30,37)(H2,28,32,33). The fourth-order valence-electron chi connectivity index (χ4n) is 4.83. The molecule has 1 aliphatic heterocycles. The van der Waals surface area contributed by atoms with Crippen molar-refractivity contribution in [1.29, 1.82) is 0 Å². The van der Waals surface area contributed by atoms with Crippen molar-refractivity contribution >= 4 is 28.6 Å². The Hall–Kier alpha value is -4.19. The van der Waals surface area contributed by atoms with E-state index in [1.165, 1.54) is 12.4 Å². The third-order valence-corrected chi connectivity index (χ3v) is 6.69. The summed E-state index contributed by atoms with van der Waals surface area (Å²) in [7, 11) is 1.59. The van der Waals surface area contributed by atoms with Gasteiger partial charge in [-0.3, -0.25) is 9.78 Å². The highest BCUT2D eigenvalue weighted by Gasteiger charge is 2.34. The van der Waals surface area contributed by atoms with Gasteiger partial charge in [0.1, 0.15) is 11.8 Å². The SMILES string of the molecule is CNC(=O)CC1(N)CCCN(c2cnc(-c3ccc(F)c(F)c3)cc2Cn2cnc3c(N)ncnc32)C1. The number of imidazole rings is 1. The van der Waals surface area contributed by atoms with E-state index in [2.05, 4.69) is 30.2 Å². The Kier molecular flexibility index (Phi) is 6.42. The minimum Gasteiger partial charge on any atom is -0.382 e. The van der Waals surface area contributed by atoms with Gasteiger partial charge in [0.25, 0.3) is 0 Å². The summed E-state index contributed by atoms with van der Waals surface area (Å²) >= 11 is 0. The lowest BCUT2D eigenvalue weighted by Crippen LogP contribution is -2.56. The molecule has 1 aromatic carbocycles. The fraction of sp³-hybridized carbons (Fsp3) is 0.320. The third-order valence-electron chi connectivity index (χ3n) is 6.69. The highest BCUT2D eigenvalue weighted by molar-refractivity contribution is 5.81. The molecule has 5 rings (SSSR count). The number of nitrogen functional groups attached to an aromatic ring is 1. The van der Waals surface area contributed by atoms with Gasteiger partial charge in [0.2, 0.25) is 5.91 Å². The Morgan fingerprint density at radius 2 is 2.00 bits per heavy atom. The minimum atomic E-state index is -0.948. The second-order valence-corrected chi connectivity index (χ2v) is 9.37. The molecule has 0 saturated carbocycles. The number of hydrogen-bond acceptors (Lipinski definition) is 8. The van der Waals surface area contributed by atoms with Crippen molar-refractivity contribution in [2.24, 2.45) is 5.73 Å². The molecule has 192 valence electrons. The van der Waals surface area contributed by atoms with E-state index >= 15 is 0 Å². The van der Waals surface area contributed by atoms with Gasteiger partial charge in [-0.2, -0.15) is 0 Å². The summed E-state index contributed by atoms with van der Waals surface area (Å²) < 4.78 is 29.4. The molecular weight excluding hydrogens is 480 g/mol. The number of hydrogen-bond donors (Lipinski definition) is 3. The smallest absolute Gasteiger partial charge is 0.221 e. The normalized spacial score (nSPS) is 17.8. The number of benzene rings is 1. The summed E-state index contributed by atoms with van der Waals surface area (Å²) in [5, 5.41) is 2.65. The zero-order chi connectivity index (χ0) is 26.2. The Labute approximate surface area is 211 Å². The first-order chi connectivity index (χ1) is 17.8. The van der Waals surface area contributed by atoms with E-state index in [-0.39, 0.29) is 18.1 Å². The number of aromatic nitrogens is 5. The molecule has 0 radical (unpaired) electrons. The number of anilines is 2. The summed E-state index contributed by atoms with van der Waals surface area (Å²) in [4.78, 5) is 31.5. The number of nitrogens with two attached hydrogens (primary N) is 2. The van der Waals surface area contributed by atoms with E-state index in [0.717, 1.165) is 42.8 Å². The van der Waals surface area contributed by atoms with E-state index in [0.29, 0.717) is 35.5 Å². The maximum Gasteiger partial charge on any atom is 0.221 e. The molecule has 1 fully saturated rings. The van der Waals surface area contributed by atoms with Crippen molar-refractivity contribution in [3.8, 4) is 11.3 Å². The zero-order valence-corrected chi connectivity index (χ0v) is 20.3. The number of carbonyl (C=O) groups is 1. The van der Waals surface area contributed by atoms with Crippen molar-refractivity contribution in [3.05, 3.63) is 60.3 Å². The first-order valence-corrected chi connectivity index (χ1v) is 11.9. The van der Waals surface area contributed by atoms with Gasteiger partial charge < -0.3 is 26.3 Å². The second-order valence-electron chi connectivity index (χ2n) is 9.37. The highest BCUT2D eigenvalue weighted by atomic mass is 19.2. The molecule has 1 aliphatic rings. The molecule has 1 saturated heterocycles. The number of nitrogens with zero attached hydrogens (tertiary/aromatic N) is 6. The van der Waals surface area contributed by atoms with E-state index in [9.17, 15) is 13.6 Å². The Balaban J connectivity index is 1.56. The maximum atomic E-state index is 14.0. The van der Waals surface area contributed by atoms with Crippen molar-refractivity contribution in [2.75, 3.05) is 30.8 Å². The zero-order valence-electron chi connectivity index (χ0n) is 20.3. The van der Waals surface area contributed by atoms with Gasteiger partial charge in [-0.25, -0.2) is 23.7 Å². The first kappa shape index (κ1) is 24.5. The number of carbonyl (C=O) groups excluding carboxylic acids is 1. The van der Waals surface area contributed by atoms with Crippen LogP contribution in [0, 0.1) is 11.6 Å². The van der Waals surface area contributed by atoms with Crippen LogP contribution >= 0.6 is 0 Å². The van der Waals surface area contributed by atoms with Crippen LogP contribution in [0.3, 0.4) is 0 Å². The summed E-state index contributed by atoms with van der Waals surface area (Å²) in [6.07, 6.45) is 6.44. The average Bonchev–Trinajstić information content (AvgIpc) is 3.29. The molecule has 4 heterocycles. The van der Waals surface area contributed by atoms with Crippen LogP contribution < -0.4 is 21.7 Å². The summed E-state index contributed by atoms with van der Waals surface area (Å²) in [6.45, 7) is 1.54. The molecule has 5 N–H and O–H groups in total. The maximum absolute atomic E-state index is 14.0. The molecule has 0 aliphatic carbocycles. The Bertz CT molecular complexity index is 1470. The van der Waals surface area contributed by atoms with Gasteiger partial charge in [-0.05, 0) is 42.7 Å². The summed E-state index contributed by atoms with van der Waals surface area (Å²) in [5.41, 5.74) is 15.6. The minimum absolute atomic E-state index is 0.112. The van der Waals surface area contributed by atoms with Crippen molar-refractivity contribution < 1.29 is 13.6 Å². The van der Waals surface area contributed by atoms with E-state index < -0.39 is 17.2 Å². The molecule has 0 bridgehead atoms. The van der Waals surface area contributed by atoms with Gasteiger partial charge in [0, 0.05) is 37.7 Å². The van der Waals surface area contributed by atoms with Gasteiger partial charge in [-0.1, -0.05) is 0 Å². The van der Waals surface area contributed by atoms with Crippen molar-refractivity contribution in [2.45, 2.75) is 31.3 Å². The number of fused-ring (bicyclic) bond motifs is 1. The fourth-order valence-corrected chi connectivity index (χ4v) is 4.83. The van der Waals surface area contributed by atoms with Crippen LogP contribution in [0.1, 0.15) is 24.8 Å². The second kappa shape index (κ2) is 9.69. The van der Waals surface area contributed by atoms with Gasteiger partial charge in [0.15, 0.2) is 23.1 Å². The van der Waals surface area contributed by atoms with Gasteiger partial charge in [-0.15, -0.1) is 0 Å². The number of nitrogens with one attached hydrogen (secondary N) is 1. The first-order valence-electron chi connectivity index (χ1n) is 11.9. The van der Waals surface area contributed by atoms with Crippen LogP contribution in [0.2, 0.25) is 0 Å². The highest BCUT2D eigenvalue weighted by Crippen LogP contribution is 2.32. The molecule has 0 spiro atoms. The average molecular weight is 508 g/mol. The number of pyridine rings is 1. The molecule has 1 unspecified atom stereocenters. The number of halogens is 2. The summed E-state index contributed by atoms with van der Waals surface area (Å²) in [5.74, 6) is -1.71. The molecule has 1 atom stereocenters. The lowest BCUT2D eigenvalue weighted by atomic mass is 9.86. The van der Waals surface area contributed by atoms with E-state index in [4.69, 9.17) is 11.5 Å². The largest absolute Gasteiger partial charge is 0.382 e. The molecule has 3 aromatic heterocycles. The van der Waals surface area contributed by atoms with Crippen LogP contribution in [-0.4, -0.2) is 56.1 Å². The number of piperidine rings is 1. The van der Waals surface area contributed by atoms with E-state index in [1.807, 2.05) is 10.6 Å². The molecule has 10 nitrogen and oxygen atoms in total. The molecule has 4 aromatic rings. The van der Waals surface area contributed by atoms with Gasteiger partial charge >= 0.3 is 0 Å². The molecular formula is C25H27F2N9O. The van der Waals surface area contributed by atoms with Crippen LogP contribution in [0.25, 0.3) is 22.4 Å². The Morgan fingerprint density at radius 1 is 1.16 bits per heavy atom. The van der Waals surface area contributed by atoms with Crippen molar-refractivity contribution in [3.63, 3.8) is 0 Å². The van der Waals surface area contributed by atoms with Crippen LogP contribution in [-0.2, 0) is 11.3 Å². The predicted octanol–water partition coefficient (Wildman–Crippen LogP) is 2.23. The topological polar surface area (TPSA) is 141 Å². The van der Waals surface area contributed by atoms with Crippen LogP contribution in [0.15, 0.2) is 43.1 Å². The van der Waals surface area contributed by atoms with Crippen molar-refractivity contribution in [1.82, 2.24) is 29.8 Å². The van der Waals surface area contributed by atoms with Crippen LogP contribution in [0.4, 0.5) is 20.3 Å². The Morgan fingerprint density at radius 3 is 2.78 bits per heavy atom. The monoisotopic (exact) mass is 507 g/mol. The van der Waals surface area contributed by atoms with E-state index in [1.54, 1.807) is 19.6 Å². The number of amides is 1. The lowest BCUT2D eigenvalue weighted by molar-refractivity contribution is -0.121. The third kappa shape index (κ3) is 4.92. The van der Waals surface area contributed by atoms with Crippen LogP contribution in [0.5, 0.6) is 0 Å². The molecule has 1 amide bonds. The molecule has 12 heteroatoms. The lowest BCUT2D eigenvalue weighted by Gasteiger charge is -2.41. The quantitative estimate of drug-likeness (QED) is 0.361. The summed E-state index contributed by atoms with van der Waals surface area (Å²) in [6, 6.07) is 5.52. The molecule has 37 heavy (non-hydrogen) atoms.